The summed E-state index contributed by atoms with van der Waals surface area (Å²) in [5.41, 5.74) is 0.533. The summed E-state index contributed by atoms with van der Waals surface area (Å²) in [4.78, 5) is 7.76. The molecule has 2 aromatic heterocycles. The molecule has 3 heterocycles. The van der Waals surface area contributed by atoms with Crippen LogP contribution >= 0.6 is 0 Å². The molecule has 3 rings (SSSR count). The van der Waals surface area contributed by atoms with Crippen molar-refractivity contribution in [3.8, 4) is 0 Å². The van der Waals surface area contributed by atoms with Crippen molar-refractivity contribution in [2.45, 2.75) is 25.7 Å². The molecule has 5 nitrogen and oxygen atoms in total. The van der Waals surface area contributed by atoms with E-state index in [2.05, 4.69) is 27.3 Å². The number of nitrogens with one attached hydrogen (secondary N) is 1. The van der Waals surface area contributed by atoms with Gasteiger partial charge in [-0.15, -0.1) is 0 Å². The lowest BCUT2D eigenvalue weighted by Crippen LogP contribution is -2.35. The molecule has 0 unspecified atom stereocenters. The Labute approximate surface area is 109 Å². The highest BCUT2D eigenvalue weighted by molar-refractivity contribution is 5.32. The first kappa shape index (κ1) is 12.4. The van der Waals surface area contributed by atoms with Crippen LogP contribution in [0.15, 0.2) is 12.4 Å². The van der Waals surface area contributed by atoms with Crippen LogP contribution in [0.1, 0.15) is 37.1 Å². The van der Waals surface area contributed by atoms with Gasteiger partial charge in [0.25, 0.3) is 12.2 Å². The number of fused-ring (bicyclic) bond motifs is 1. The maximum absolute atomic E-state index is 12.9. The van der Waals surface area contributed by atoms with Gasteiger partial charge in [0, 0.05) is 12.5 Å². The highest BCUT2D eigenvalue weighted by Gasteiger charge is 2.27. The van der Waals surface area contributed by atoms with E-state index in [9.17, 15) is 8.78 Å². The number of alkyl halides is 2. The molecular weight excluding hydrogens is 252 g/mol. The van der Waals surface area contributed by atoms with Crippen LogP contribution in [0.3, 0.4) is 0 Å². The van der Waals surface area contributed by atoms with E-state index >= 15 is 0 Å². The number of hydrogen-bond donors (Lipinski definition) is 1. The van der Waals surface area contributed by atoms with Crippen LogP contribution in [0.4, 0.5) is 8.78 Å². The summed E-state index contributed by atoms with van der Waals surface area (Å²) in [5.74, 6) is 0.811. The minimum absolute atomic E-state index is 0.151. The van der Waals surface area contributed by atoms with Gasteiger partial charge in [-0.3, -0.25) is 0 Å². The molecule has 19 heavy (non-hydrogen) atoms. The zero-order chi connectivity index (χ0) is 13.4. The van der Waals surface area contributed by atoms with E-state index in [-0.39, 0.29) is 17.4 Å². The van der Waals surface area contributed by atoms with Crippen molar-refractivity contribution < 1.29 is 8.78 Å². The predicted octanol–water partition coefficient (Wildman–Crippen LogP) is 1.77. The summed E-state index contributed by atoms with van der Waals surface area (Å²) < 4.78 is 27.4. The Morgan fingerprint density at radius 3 is 3.05 bits per heavy atom. The molecule has 0 spiro atoms. The summed E-state index contributed by atoms with van der Waals surface area (Å²) in [6, 6.07) is 1.46. The van der Waals surface area contributed by atoms with E-state index in [4.69, 9.17) is 0 Å². The number of aromatic nitrogens is 4. The normalized spacial score (nSPS) is 24.2. The van der Waals surface area contributed by atoms with Gasteiger partial charge in [-0.2, -0.15) is 10.1 Å². The Morgan fingerprint density at radius 1 is 1.47 bits per heavy atom. The van der Waals surface area contributed by atoms with E-state index in [0.717, 1.165) is 25.2 Å². The first-order valence-corrected chi connectivity index (χ1v) is 6.36. The van der Waals surface area contributed by atoms with Gasteiger partial charge in [0.1, 0.15) is 12.0 Å². The molecule has 0 aromatic carbocycles. The molecule has 1 fully saturated rings. The molecule has 1 aliphatic heterocycles. The Morgan fingerprint density at radius 2 is 2.32 bits per heavy atom. The molecule has 0 aliphatic carbocycles. The van der Waals surface area contributed by atoms with Gasteiger partial charge in [-0.25, -0.2) is 18.3 Å². The van der Waals surface area contributed by atoms with Crippen LogP contribution in [0, 0.1) is 5.92 Å². The monoisotopic (exact) mass is 267 g/mol. The summed E-state index contributed by atoms with van der Waals surface area (Å²) in [6.07, 6.45) is -0.220. The van der Waals surface area contributed by atoms with Gasteiger partial charge in [-0.05, 0) is 24.9 Å². The third kappa shape index (κ3) is 2.18. The summed E-state index contributed by atoms with van der Waals surface area (Å²) in [5, 5.41) is 7.40. The zero-order valence-corrected chi connectivity index (χ0v) is 10.6. The second-order valence-corrected chi connectivity index (χ2v) is 4.95. The maximum atomic E-state index is 12.9. The van der Waals surface area contributed by atoms with E-state index < -0.39 is 6.43 Å². The first-order chi connectivity index (χ1) is 9.16. The lowest BCUT2D eigenvalue weighted by molar-refractivity contribution is 0.145. The molecule has 7 heteroatoms. The zero-order valence-electron chi connectivity index (χ0n) is 10.6. The van der Waals surface area contributed by atoms with E-state index in [0.29, 0.717) is 5.92 Å². The van der Waals surface area contributed by atoms with Crippen molar-refractivity contribution in [1.29, 1.82) is 0 Å². The van der Waals surface area contributed by atoms with Gasteiger partial charge in [0.15, 0.2) is 0 Å². The SMILES string of the molecule is C[C@@H]1CCNC[C@H]1c1cc(C(F)F)nc2ncnn12. The van der Waals surface area contributed by atoms with Crippen molar-refractivity contribution in [3.63, 3.8) is 0 Å². The number of halogens is 2. The Kier molecular flexibility index (Phi) is 3.14. The molecule has 0 radical (unpaired) electrons. The summed E-state index contributed by atoms with van der Waals surface area (Å²) in [7, 11) is 0. The molecule has 2 aromatic rings. The van der Waals surface area contributed by atoms with Crippen LogP contribution in [0.2, 0.25) is 0 Å². The number of hydrogen-bond acceptors (Lipinski definition) is 4. The predicted molar refractivity (Wildman–Crippen MR) is 65.1 cm³/mol. The second kappa shape index (κ2) is 4.80. The van der Waals surface area contributed by atoms with Crippen LogP contribution in [0.25, 0.3) is 5.78 Å². The van der Waals surface area contributed by atoms with Crippen molar-refractivity contribution in [2.75, 3.05) is 13.1 Å². The number of piperidine rings is 1. The fourth-order valence-electron chi connectivity index (χ4n) is 2.62. The highest BCUT2D eigenvalue weighted by atomic mass is 19.3. The lowest BCUT2D eigenvalue weighted by atomic mass is 9.85. The quantitative estimate of drug-likeness (QED) is 0.901. The smallest absolute Gasteiger partial charge is 0.280 e. The Bertz CT molecular complexity index is 583. The van der Waals surface area contributed by atoms with Crippen molar-refractivity contribution in [3.05, 3.63) is 23.8 Å². The molecule has 0 bridgehead atoms. The van der Waals surface area contributed by atoms with Gasteiger partial charge in [0.2, 0.25) is 0 Å². The van der Waals surface area contributed by atoms with Crippen LogP contribution < -0.4 is 5.32 Å². The van der Waals surface area contributed by atoms with Gasteiger partial charge in [0.05, 0.1) is 5.69 Å². The van der Waals surface area contributed by atoms with Crippen LogP contribution in [0.5, 0.6) is 0 Å². The Hall–Kier alpha value is -1.63. The summed E-state index contributed by atoms with van der Waals surface area (Å²) in [6.45, 7) is 3.87. The maximum Gasteiger partial charge on any atom is 0.280 e. The molecule has 102 valence electrons. The van der Waals surface area contributed by atoms with E-state index in [1.807, 2.05) is 0 Å². The number of rotatable bonds is 2. The van der Waals surface area contributed by atoms with Gasteiger partial charge < -0.3 is 5.32 Å². The fourth-order valence-corrected chi connectivity index (χ4v) is 2.62. The molecular formula is C12H15F2N5. The van der Waals surface area contributed by atoms with Crippen LogP contribution in [-0.4, -0.2) is 32.7 Å². The van der Waals surface area contributed by atoms with Crippen molar-refractivity contribution in [2.24, 2.45) is 5.92 Å². The minimum atomic E-state index is -2.59. The van der Waals surface area contributed by atoms with Crippen molar-refractivity contribution in [1.82, 2.24) is 24.9 Å². The second-order valence-electron chi connectivity index (χ2n) is 4.95. The largest absolute Gasteiger partial charge is 0.316 e. The molecule has 2 atom stereocenters. The third-order valence-electron chi connectivity index (χ3n) is 3.73. The summed E-state index contributed by atoms with van der Waals surface area (Å²) >= 11 is 0. The molecule has 0 amide bonds. The Balaban J connectivity index is 2.12. The molecule has 1 N–H and O–H groups in total. The lowest BCUT2D eigenvalue weighted by Gasteiger charge is -2.29. The standard InChI is InChI=1S/C12H15F2N5/c1-7-2-3-15-5-8(7)10-4-9(11(13)14)18-12-16-6-17-19(10)12/h4,6-8,11,15H,2-3,5H2,1H3/t7-,8-/m1/s1. The third-order valence-corrected chi connectivity index (χ3v) is 3.73. The fraction of sp³-hybridized carbons (Fsp3) is 0.583. The molecule has 1 aliphatic rings. The van der Waals surface area contributed by atoms with Crippen LogP contribution in [-0.2, 0) is 0 Å². The van der Waals surface area contributed by atoms with Gasteiger partial charge in [-0.1, -0.05) is 6.92 Å². The van der Waals surface area contributed by atoms with E-state index in [1.54, 1.807) is 4.52 Å². The average molecular weight is 267 g/mol. The van der Waals surface area contributed by atoms with Gasteiger partial charge >= 0.3 is 0 Å². The highest BCUT2D eigenvalue weighted by Crippen LogP contribution is 2.30. The molecule has 0 saturated carbocycles. The van der Waals surface area contributed by atoms with E-state index in [1.165, 1.54) is 12.4 Å². The topological polar surface area (TPSA) is 55.1 Å². The first-order valence-electron chi connectivity index (χ1n) is 6.36. The minimum Gasteiger partial charge on any atom is -0.316 e. The average Bonchev–Trinajstić information content (AvgIpc) is 2.86. The molecule has 1 saturated heterocycles. The number of nitrogens with zero attached hydrogens (tertiary/aromatic N) is 4. The van der Waals surface area contributed by atoms with Crippen molar-refractivity contribution >= 4 is 5.78 Å².